The van der Waals surface area contributed by atoms with Crippen LogP contribution in [0.3, 0.4) is 0 Å². The molecule has 5 nitrogen and oxygen atoms in total. The van der Waals surface area contributed by atoms with Gasteiger partial charge in [-0.2, -0.15) is 0 Å². The Morgan fingerprint density at radius 1 is 1.60 bits per heavy atom. The fraction of sp³-hybridized carbons (Fsp3) is 0.556. The molecule has 0 aliphatic rings. The molecular formula is C9H16N2O3S. The van der Waals surface area contributed by atoms with Crippen LogP contribution in [0.2, 0.25) is 0 Å². The first-order valence-corrected chi connectivity index (χ1v) is 6.51. The van der Waals surface area contributed by atoms with Crippen molar-refractivity contribution in [1.82, 2.24) is 5.32 Å². The summed E-state index contributed by atoms with van der Waals surface area (Å²) < 4.78 is 26.6. The van der Waals surface area contributed by atoms with E-state index in [0.717, 1.165) is 12.2 Å². The van der Waals surface area contributed by atoms with Crippen molar-refractivity contribution in [2.75, 3.05) is 12.3 Å². The maximum atomic E-state index is 10.7. The normalized spacial score (nSPS) is 14.0. The summed E-state index contributed by atoms with van der Waals surface area (Å²) in [4.78, 5) is 0. The molecule has 0 aliphatic heterocycles. The molecule has 0 saturated carbocycles. The molecule has 1 atom stereocenters. The number of nitrogens with two attached hydrogens (primary N) is 1. The van der Waals surface area contributed by atoms with Crippen LogP contribution in [0.1, 0.15) is 25.1 Å². The van der Waals surface area contributed by atoms with Gasteiger partial charge in [0.25, 0.3) is 0 Å². The number of sulfonamides is 1. The summed E-state index contributed by atoms with van der Waals surface area (Å²) in [5.41, 5.74) is 0. The first-order chi connectivity index (χ1) is 7.03. The van der Waals surface area contributed by atoms with E-state index in [1.807, 2.05) is 13.0 Å². The van der Waals surface area contributed by atoms with Crippen molar-refractivity contribution >= 4 is 10.0 Å². The average Bonchev–Trinajstić information content (AvgIpc) is 2.63. The molecule has 1 aromatic heterocycles. The zero-order valence-electron chi connectivity index (χ0n) is 8.64. The molecule has 6 heteroatoms. The lowest BCUT2D eigenvalue weighted by atomic mass is 10.2. The van der Waals surface area contributed by atoms with Gasteiger partial charge in [0.1, 0.15) is 5.76 Å². The van der Waals surface area contributed by atoms with Gasteiger partial charge in [-0.1, -0.05) is 6.92 Å². The molecule has 1 rings (SSSR count). The molecule has 0 radical (unpaired) electrons. The van der Waals surface area contributed by atoms with E-state index in [4.69, 9.17) is 9.56 Å². The van der Waals surface area contributed by atoms with E-state index in [1.165, 1.54) is 0 Å². The number of primary sulfonamides is 1. The highest BCUT2D eigenvalue weighted by Gasteiger charge is 2.12. The largest absolute Gasteiger partial charge is 0.468 e. The Bertz CT molecular complexity index is 372. The van der Waals surface area contributed by atoms with E-state index in [1.54, 1.807) is 12.3 Å². The van der Waals surface area contributed by atoms with Crippen LogP contribution in [0.25, 0.3) is 0 Å². The van der Waals surface area contributed by atoms with Crippen LogP contribution in [0.5, 0.6) is 0 Å². The van der Waals surface area contributed by atoms with Gasteiger partial charge in [-0.25, -0.2) is 13.6 Å². The Morgan fingerprint density at radius 3 is 2.80 bits per heavy atom. The summed E-state index contributed by atoms with van der Waals surface area (Å²) in [5, 5.41) is 7.97. The molecule has 0 fully saturated rings. The van der Waals surface area contributed by atoms with Crippen molar-refractivity contribution in [2.45, 2.75) is 19.4 Å². The van der Waals surface area contributed by atoms with Crippen molar-refractivity contribution in [2.24, 2.45) is 5.14 Å². The first kappa shape index (κ1) is 12.2. The Balaban J connectivity index is 2.42. The number of hydrogen-bond acceptors (Lipinski definition) is 4. The summed E-state index contributed by atoms with van der Waals surface area (Å²) in [5.74, 6) is 0.747. The van der Waals surface area contributed by atoms with E-state index in [0.29, 0.717) is 6.54 Å². The van der Waals surface area contributed by atoms with Crippen LogP contribution in [-0.2, 0) is 10.0 Å². The second-order valence-corrected chi connectivity index (χ2v) is 5.03. The third-order valence-corrected chi connectivity index (χ3v) is 2.85. The maximum Gasteiger partial charge on any atom is 0.210 e. The quantitative estimate of drug-likeness (QED) is 0.752. The van der Waals surface area contributed by atoms with Gasteiger partial charge in [0, 0.05) is 6.54 Å². The lowest BCUT2D eigenvalue weighted by Gasteiger charge is -2.13. The first-order valence-electron chi connectivity index (χ1n) is 4.80. The second kappa shape index (κ2) is 5.29. The standard InChI is InChI=1S/C9H16N2O3S/c1-2-8(9-4-3-6-14-9)11-5-7-15(10,12)13/h3-4,6,8,11H,2,5,7H2,1H3,(H2,10,12,13). The molecular weight excluding hydrogens is 216 g/mol. The van der Waals surface area contributed by atoms with E-state index < -0.39 is 10.0 Å². The predicted octanol–water partition coefficient (Wildman–Crippen LogP) is 0.609. The summed E-state index contributed by atoms with van der Waals surface area (Å²) in [6.45, 7) is 2.33. The van der Waals surface area contributed by atoms with Crippen molar-refractivity contribution in [1.29, 1.82) is 0 Å². The Morgan fingerprint density at radius 2 is 2.33 bits per heavy atom. The van der Waals surface area contributed by atoms with Gasteiger partial charge in [0.2, 0.25) is 10.0 Å². The fourth-order valence-electron chi connectivity index (χ4n) is 1.31. The van der Waals surface area contributed by atoms with E-state index >= 15 is 0 Å². The number of hydrogen-bond donors (Lipinski definition) is 2. The second-order valence-electron chi connectivity index (χ2n) is 3.30. The van der Waals surface area contributed by atoms with Crippen LogP contribution in [0.4, 0.5) is 0 Å². The van der Waals surface area contributed by atoms with Gasteiger partial charge >= 0.3 is 0 Å². The fourth-order valence-corrected chi connectivity index (χ4v) is 1.71. The lowest BCUT2D eigenvalue weighted by molar-refractivity contribution is 0.410. The van der Waals surface area contributed by atoms with Gasteiger partial charge in [-0.15, -0.1) is 0 Å². The Kier molecular flexibility index (Phi) is 4.31. The summed E-state index contributed by atoms with van der Waals surface area (Å²) in [6.07, 6.45) is 2.43. The Labute approximate surface area is 89.7 Å². The highest BCUT2D eigenvalue weighted by Crippen LogP contribution is 2.16. The van der Waals surface area contributed by atoms with Crippen molar-refractivity contribution in [3.8, 4) is 0 Å². The highest BCUT2D eigenvalue weighted by atomic mass is 32.2. The smallest absolute Gasteiger partial charge is 0.210 e. The van der Waals surface area contributed by atoms with Gasteiger partial charge in [0.15, 0.2) is 0 Å². The molecule has 0 aliphatic carbocycles. The molecule has 1 aromatic rings. The summed E-state index contributed by atoms with van der Waals surface area (Å²) in [6, 6.07) is 3.71. The van der Waals surface area contributed by atoms with Crippen molar-refractivity contribution in [3.05, 3.63) is 24.2 Å². The van der Waals surface area contributed by atoms with E-state index in [2.05, 4.69) is 5.32 Å². The number of nitrogens with one attached hydrogen (secondary N) is 1. The van der Waals surface area contributed by atoms with Crippen LogP contribution in [0, 0.1) is 0 Å². The number of furan rings is 1. The molecule has 0 aromatic carbocycles. The molecule has 0 bridgehead atoms. The van der Waals surface area contributed by atoms with Crippen LogP contribution in [0.15, 0.2) is 22.8 Å². The lowest BCUT2D eigenvalue weighted by Crippen LogP contribution is -2.29. The summed E-state index contributed by atoms with van der Waals surface area (Å²) in [7, 11) is -3.39. The van der Waals surface area contributed by atoms with Gasteiger partial charge in [-0.3, -0.25) is 0 Å². The molecule has 3 N–H and O–H groups in total. The zero-order chi connectivity index (χ0) is 11.3. The SMILES string of the molecule is CCC(NCCS(N)(=O)=O)c1ccco1. The van der Waals surface area contributed by atoms with Gasteiger partial charge in [-0.05, 0) is 18.6 Å². The minimum Gasteiger partial charge on any atom is -0.468 e. The molecule has 15 heavy (non-hydrogen) atoms. The maximum absolute atomic E-state index is 10.7. The van der Waals surface area contributed by atoms with Gasteiger partial charge in [0.05, 0.1) is 18.1 Å². The zero-order valence-corrected chi connectivity index (χ0v) is 9.46. The summed E-state index contributed by atoms with van der Waals surface area (Å²) >= 11 is 0. The number of rotatable bonds is 6. The molecule has 0 spiro atoms. The van der Waals surface area contributed by atoms with Gasteiger partial charge < -0.3 is 9.73 Å². The molecule has 1 heterocycles. The molecule has 1 unspecified atom stereocenters. The molecule has 86 valence electrons. The monoisotopic (exact) mass is 232 g/mol. The average molecular weight is 232 g/mol. The van der Waals surface area contributed by atoms with E-state index in [9.17, 15) is 8.42 Å². The van der Waals surface area contributed by atoms with Crippen LogP contribution < -0.4 is 10.5 Å². The minimum absolute atomic E-state index is 0.0433. The topological polar surface area (TPSA) is 85.3 Å². The highest BCUT2D eigenvalue weighted by molar-refractivity contribution is 7.89. The van der Waals surface area contributed by atoms with Crippen LogP contribution >= 0.6 is 0 Å². The Hall–Kier alpha value is -0.850. The third kappa shape index (κ3) is 4.46. The van der Waals surface area contributed by atoms with Crippen LogP contribution in [-0.4, -0.2) is 20.7 Å². The molecule has 0 saturated heterocycles. The molecule has 0 amide bonds. The third-order valence-electron chi connectivity index (χ3n) is 2.07. The predicted molar refractivity (Wildman–Crippen MR) is 57.7 cm³/mol. The van der Waals surface area contributed by atoms with E-state index in [-0.39, 0.29) is 11.8 Å². The van der Waals surface area contributed by atoms with Crippen molar-refractivity contribution in [3.63, 3.8) is 0 Å². The minimum atomic E-state index is -3.39. The van der Waals surface area contributed by atoms with Crippen molar-refractivity contribution < 1.29 is 12.8 Å².